The Bertz CT molecular complexity index is 921. The zero-order chi connectivity index (χ0) is 21.5. The number of hydrogen-bond donors (Lipinski definition) is 2. The van der Waals surface area contributed by atoms with Crippen LogP contribution in [0.5, 0.6) is 0 Å². The fraction of sp³-hybridized carbons (Fsp3) is 0.400. The number of likely N-dealkylation sites (tertiary alicyclic amines) is 1. The maximum absolute atomic E-state index is 13.1. The first-order valence-corrected chi connectivity index (χ1v) is 10.4. The van der Waals surface area contributed by atoms with E-state index in [0.717, 1.165) is 5.56 Å². The molecule has 10 heteroatoms. The number of imide groups is 1. The number of carbonyl (C=O) groups is 4. The van der Waals surface area contributed by atoms with Crippen molar-refractivity contribution in [1.29, 1.82) is 0 Å². The van der Waals surface area contributed by atoms with Gasteiger partial charge in [-0.15, -0.1) is 0 Å². The summed E-state index contributed by atoms with van der Waals surface area (Å²) in [5.41, 5.74) is 5.02. The fourth-order valence-electron chi connectivity index (χ4n) is 4.09. The molecule has 1 aromatic carbocycles. The molecule has 2 amide bonds. The summed E-state index contributed by atoms with van der Waals surface area (Å²) >= 11 is 0.639. The highest BCUT2D eigenvalue weighted by molar-refractivity contribution is 8.13. The molecule has 0 aliphatic carbocycles. The highest BCUT2D eigenvalue weighted by Crippen LogP contribution is 2.52. The summed E-state index contributed by atoms with van der Waals surface area (Å²) in [5, 5.41) is 8.06. The van der Waals surface area contributed by atoms with E-state index in [-0.39, 0.29) is 30.7 Å². The maximum atomic E-state index is 13.1. The lowest BCUT2D eigenvalue weighted by molar-refractivity contribution is -0.146. The van der Waals surface area contributed by atoms with Crippen molar-refractivity contribution < 1.29 is 33.8 Å². The lowest BCUT2D eigenvalue weighted by Gasteiger charge is -2.28. The lowest BCUT2D eigenvalue weighted by atomic mass is 9.77. The zero-order valence-electron chi connectivity index (χ0n) is 15.8. The SMILES string of the molecule is NC(CSC(=O)OCC12C=CC(O1)C1C(=O)N(Cc3ccccc3)C(=O)C12)C(=O)O. The molecule has 3 aliphatic heterocycles. The first kappa shape index (κ1) is 20.6. The molecule has 0 spiro atoms. The number of benzene rings is 1. The molecule has 30 heavy (non-hydrogen) atoms. The predicted molar refractivity (Wildman–Crippen MR) is 105 cm³/mol. The van der Waals surface area contributed by atoms with Gasteiger partial charge >= 0.3 is 11.3 Å². The van der Waals surface area contributed by atoms with Gasteiger partial charge in [0.05, 0.1) is 24.5 Å². The highest BCUT2D eigenvalue weighted by Gasteiger charge is 2.68. The Balaban J connectivity index is 1.43. The van der Waals surface area contributed by atoms with E-state index in [4.69, 9.17) is 20.3 Å². The van der Waals surface area contributed by atoms with E-state index in [1.165, 1.54) is 4.90 Å². The van der Waals surface area contributed by atoms with Crippen LogP contribution in [0.15, 0.2) is 42.5 Å². The Morgan fingerprint density at radius 1 is 1.27 bits per heavy atom. The van der Waals surface area contributed by atoms with Crippen molar-refractivity contribution in [3.63, 3.8) is 0 Å². The molecule has 2 fully saturated rings. The molecule has 2 bridgehead atoms. The second-order valence-corrected chi connectivity index (χ2v) is 8.40. The topological polar surface area (TPSA) is 136 Å². The fourth-order valence-corrected chi connectivity index (χ4v) is 4.69. The van der Waals surface area contributed by atoms with Gasteiger partial charge in [0.1, 0.15) is 18.2 Å². The van der Waals surface area contributed by atoms with Gasteiger partial charge in [0.2, 0.25) is 11.8 Å². The van der Waals surface area contributed by atoms with Crippen LogP contribution in [0.4, 0.5) is 4.79 Å². The number of thioether (sulfide) groups is 1. The third-order valence-electron chi connectivity index (χ3n) is 5.54. The van der Waals surface area contributed by atoms with Crippen LogP contribution >= 0.6 is 11.8 Å². The number of carboxylic acid groups (broad SMARTS) is 1. The Morgan fingerprint density at radius 2 is 2.00 bits per heavy atom. The van der Waals surface area contributed by atoms with Crippen molar-refractivity contribution in [3.05, 3.63) is 48.0 Å². The quantitative estimate of drug-likeness (QED) is 0.364. The summed E-state index contributed by atoms with van der Waals surface area (Å²) in [6.45, 7) is -0.0650. The first-order chi connectivity index (χ1) is 14.3. The Labute approximate surface area is 176 Å². The van der Waals surface area contributed by atoms with Gasteiger partial charge < -0.3 is 20.3 Å². The van der Waals surface area contributed by atoms with Crippen LogP contribution < -0.4 is 5.73 Å². The molecule has 5 atom stereocenters. The number of nitrogens with zero attached hydrogens (tertiary/aromatic N) is 1. The normalized spacial score (nSPS) is 29.9. The number of aliphatic carboxylic acids is 1. The number of carbonyl (C=O) groups excluding carboxylic acids is 3. The summed E-state index contributed by atoms with van der Waals surface area (Å²) in [5.74, 6) is -3.41. The molecule has 1 aromatic rings. The van der Waals surface area contributed by atoms with Gasteiger partial charge in [-0.25, -0.2) is 4.79 Å². The molecule has 5 unspecified atom stereocenters. The van der Waals surface area contributed by atoms with Crippen LogP contribution in [0, 0.1) is 11.8 Å². The van der Waals surface area contributed by atoms with Crippen LogP contribution in [0.3, 0.4) is 0 Å². The molecule has 3 N–H and O–H groups in total. The molecular formula is C20H20N2O7S. The minimum atomic E-state index is -1.22. The molecule has 0 aromatic heterocycles. The number of fused-ring (bicyclic) bond motifs is 5. The van der Waals surface area contributed by atoms with Crippen molar-refractivity contribution in [2.24, 2.45) is 17.6 Å². The molecule has 4 rings (SSSR count). The van der Waals surface area contributed by atoms with Gasteiger partial charge in [0, 0.05) is 5.75 Å². The number of ether oxygens (including phenoxy) is 2. The van der Waals surface area contributed by atoms with E-state index < -0.39 is 40.9 Å². The zero-order valence-corrected chi connectivity index (χ0v) is 16.6. The number of amides is 2. The highest BCUT2D eigenvalue weighted by atomic mass is 32.2. The maximum Gasteiger partial charge on any atom is 0.367 e. The number of rotatable bonds is 7. The Morgan fingerprint density at radius 3 is 2.70 bits per heavy atom. The molecule has 0 saturated carbocycles. The number of nitrogens with two attached hydrogens (primary N) is 1. The smallest absolute Gasteiger partial charge is 0.367 e. The van der Waals surface area contributed by atoms with Crippen LogP contribution in [0.2, 0.25) is 0 Å². The van der Waals surface area contributed by atoms with Gasteiger partial charge in [0.15, 0.2) is 0 Å². The molecule has 3 aliphatic rings. The summed E-state index contributed by atoms with van der Waals surface area (Å²) < 4.78 is 11.1. The summed E-state index contributed by atoms with van der Waals surface area (Å²) in [6, 6.07) is 8.02. The molecule has 158 valence electrons. The van der Waals surface area contributed by atoms with E-state index in [1.807, 2.05) is 30.3 Å². The third-order valence-corrected chi connectivity index (χ3v) is 6.42. The minimum absolute atomic E-state index is 0.144. The van der Waals surface area contributed by atoms with Gasteiger partial charge in [-0.1, -0.05) is 36.4 Å². The molecular weight excluding hydrogens is 412 g/mol. The van der Waals surface area contributed by atoms with E-state index >= 15 is 0 Å². The van der Waals surface area contributed by atoms with Crippen LogP contribution in [-0.2, 0) is 30.4 Å². The van der Waals surface area contributed by atoms with Crippen molar-refractivity contribution in [1.82, 2.24) is 4.90 Å². The van der Waals surface area contributed by atoms with Crippen molar-refractivity contribution in [3.8, 4) is 0 Å². The van der Waals surface area contributed by atoms with Crippen molar-refractivity contribution in [2.45, 2.75) is 24.3 Å². The monoisotopic (exact) mass is 432 g/mol. The number of carboxylic acids is 1. The molecule has 9 nitrogen and oxygen atoms in total. The van der Waals surface area contributed by atoms with Crippen LogP contribution in [-0.4, -0.2) is 63.2 Å². The second kappa shape index (κ2) is 7.86. The average molecular weight is 432 g/mol. The van der Waals surface area contributed by atoms with Crippen molar-refractivity contribution >= 4 is 34.8 Å². The first-order valence-electron chi connectivity index (χ1n) is 9.37. The minimum Gasteiger partial charge on any atom is -0.480 e. The predicted octanol–water partition coefficient (Wildman–Crippen LogP) is 0.777. The van der Waals surface area contributed by atoms with E-state index in [0.29, 0.717) is 11.8 Å². The standard InChI is InChI=1S/C20H20N2O7S/c21-12(18(25)26)9-30-19(27)28-10-20-7-6-13(29-20)14-15(20)17(24)22(16(14)23)8-11-4-2-1-3-5-11/h1-7,12-15H,8-10,21H2,(H,25,26). The average Bonchev–Trinajstić information content (AvgIpc) is 3.37. The Kier molecular flexibility index (Phi) is 5.39. The third kappa shape index (κ3) is 3.51. The van der Waals surface area contributed by atoms with Gasteiger partial charge in [-0.3, -0.25) is 19.3 Å². The summed E-state index contributed by atoms with van der Waals surface area (Å²) in [7, 11) is 0. The van der Waals surface area contributed by atoms with Gasteiger partial charge in [-0.05, 0) is 23.4 Å². The Hall–Kier alpha value is -2.69. The van der Waals surface area contributed by atoms with E-state index in [9.17, 15) is 19.2 Å². The van der Waals surface area contributed by atoms with Gasteiger partial charge in [-0.2, -0.15) is 0 Å². The second-order valence-electron chi connectivity index (χ2n) is 7.44. The molecule has 0 radical (unpaired) electrons. The van der Waals surface area contributed by atoms with Crippen LogP contribution in [0.1, 0.15) is 5.56 Å². The molecule has 2 saturated heterocycles. The lowest BCUT2D eigenvalue weighted by Crippen LogP contribution is -2.44. The summed E-state index contributed by atoms with van der Waals surface area (Å²) in [4.78, 5) is 50.0. The van der Waals surface area contributed by atoms with Gasteiger partial charge in [0.25, 0.3) is 0 Å². The van der Waals surface area contributed by atoms with E-state index in [2.05, 4.69) is 0 Å². The van der Waals surface area contributed by atoms with Crippen molar-refractivity contribution in [2.75, 3.05) is 12.4 Å². The van der Waals surface area contributed by atoms with Crippen LogP contribution in [0.25, 0.3) is 0 Å². The largest absolute Gasteiger partial charge is 0.480 e. The summed E-state index contributed by atoms with van der Waals surface area (Å²) in [6.07, 6.45) is 2.86. The van der Waals surface area contributed by atoms with E-state index in [1.54, 1.807) is 12.2 Å². The number of hydrogen-bond acceptors (Lipinski definition) is 8. The molecule has 3 heterocycles.